The van der Waals surface area contributed by atoms with Crippen LogP contribution < -0.4 is 21.9 Å². The fourth-order valence-electron chi connectivity index (χ4n) is 3.49. The van der Waals surface area contributed by atoms with E-state index in [2.05, 4.69) is 10.7 Å². The lowest BCUT2D eigenvalue weighted by Gasteiger charge is -2.26. The van der Waals surface area contributed by atoms with Crippen molar-refractivity contribution in [2.75, 3.05) is 0 Å². The standard InChI is InChI=1S/C28H38N4O9/c1-27(2,3)40-25(37)20(30-26(38)41-28(4,5)6)12-14-22(34)39-24(36)19-15-18(11-13-21(19)33)32-31-17-9-7-16(8-10-17)23(29)35/h7,9,11,13,15,20,31-33H,8,10,12,14H2,1-6H3,(H2,29,35)(H,30,38)/p+1. The molecular weight excluding hydrogens is 536 g/mol. The topological polar surface area (TPSA) is 200 Å². The Labute approximate surface area is 238 Å². The van der Waals surface area contributed by atoms with E-state index in [0.29, 0.717) is 24.1 Å². The monoisotopic (exact) mass is 575 g/mol. The number of benzene rings is 1. The molecule has 2 amide bonds. The van der Waals surface area contributed by atoms with E-state index in [1.807, 2.05) is 0 Å². The van der Waals surface area contributed by atoms with E-state index in [1.165, 1.54) is 12.1 Å². The number of hydrogen-bond acceptors (Lipinski definition) is 10. The molecule has 1 aromatic rings. The predicted molar refractivity (Wildman–Crippen MR) is 146 cm³/mol. The summed E-state index contributed by atoms with van der Waals surface area (Å²) >= 11 is 0. The minimum Gasteiger partial charge on any atom is -0.507 e. The number of quaternary nitrogens is 1. The molecule has 0 spiro atoms. The first kappa shape index (κ1) is 32.8. The summed E-state index contributed by atoms with van der Waals surface area (Å²) in [5.74, 6) is -3.73. The number of phenolic OH excluding ortho intramolecular Hbond substituents is 1. The van der Waals surface area contributed by atoms with Crippen LogP contribution in [0.3, 0.4) is 0 Å². The van der Waals surface area contributed by atoms with Gasteiger partial charge in [0.2, 0.25) is 5.91 Å². The van der Waals surface area contributed by atoms with Crippen molar-refractivity contribution in [3.63, 3.8) is 0 Å². The molecule has 0 radical (unpaired) electrons. The van der Waals surface area contributed by atoms with Crippen LogP contribution in [0.2, 0.25) is 0 Å². The lowest BCUT2D eigenvalue weighted by atomic mass is 10.0. The summed E-state index contributed by atoms with van der Waals surface area (Å²) in [5.41, 5.74) is 9.83. The zero-order chi connectivity index (χ0) is 31.0. The number of nitrogens with two attached hydrogens (primary N) is 2. The predicted octanol–water partition coefficient (Wildman–Crippen LogP) is 1.88. The second-order valence-corrected chi connectivity index (χ2v) is 11.3. The highest BCUT2D eigenvalue weighted by atomic mass is 16.6. The van der Waals surface area contributed by atoms with Crippen LogP contribution in [-0.4, -0.2) is 52.3 Å². The zero-order valence-electron chi connectivity index (χ0n) is 24.2. The molecule has 1 atom stereocenters. The van der Waals surface area contributed by atoms with Crippen molar-refractivity contribution in [2.45, 2.75) is 84.5 Å². The third-order valence-electron chi connectivity index (χ3n) is 5.36. The molecule has 0 saturated carbocycles. The summed E-state index contributed by atoms with van der Waals surface area (Å²) in [6, 6.07) is 2.91. The van der Waals surface area contributed by atoms with Crippen LogP contribution in [0.15, 0.2) is 41.6 Å². The first-order valence-corrected chi connectivity index (χ1v) is 13.0. The molecule has 1 aromatic carbocycles. The van der Waals surface area contributed by atoms with Crippen LogP contribution >= 0.6 is 0 Å². The van der Waals surface area contributed by atoms with Crippen LogP contribution in [0.25, 0.3) is 0 Å². The number of carbonyl (C=O) groups is 5. The molecule has 1 aliphatic carbocycles. The summed E-state index contributed by atoms with van der Waals surface area (Å²) in [6.07, 6.45) is 2.86. The summed E-state index contributed by atoms with van der Waals surface area (Å²) in [7, 11) is 0. The Hall–Kier alpha value is -4.39. The number of esters is 3. The Morgan fingerprint density at radius 1 is 1.00 bits per heavy atom. The molecule has 224 valence electrons. The van der Waals surface area contributed by atoms with E-state index in [1.54, 1.807) is 65.2 Å². The van der Waals surface area contributed by atoms with Crippen molar-refractivity contribution in [1.82, 2.24) is 10.7 Å². The van der Waals surface area contributed by atoms with E-state index >= 15 is 0 Å². The van der Waals surface area contributed by atoms with Crippen molar-refractivity contribution >= 4 is 35.6 Å². The number of alkyl carbamates (subject to hydrolysis) is 1. The third-order valence-corrected chi connectivity index (χ3v) is 5.36. The average molecular weight is 576 g/mol. The molecule has 7 N–H and O–H groups in total. The first-order valence-electron chi connectivity index (χ1n) is 13.0. The number of amides is 2. The molecule has 2 rings (SSSR count). The molecule has 0 aliphatic heterocycles. The average Bonchev–Trinajstić information content (AvgIpc) is 2.84. The normalized spacial score (nSPS) is 14.1. The first-order chi connectivity index (χ1) is 18.9. The van der Waals surface area contributed by atoms with Crippen molar-refractivity contribution in [1.29, 1.82) is 0 Å². The summed E-state index contributed by atoms with van der Waals surface area (Å²) in [6.45, 7) is 9.92. The molecular formula is C28H39N4O9+. The van der Waals surface area contributed by atoms with Gasteiger partial charge in [-0.05, 0) is 72.9 Å². The fraction of sp³-hybridized carbons (Fsp3) is 0.464. The van der Waals surface area contributed by atoms with Gasteiger partial charge >= 0.3 is 24.0 Å². The Balaban J connectivity index is 2.01. The smallest absolute Gasteiger partial charge is 0.408 e. The van der Waals surface area contributed by atoms with Crippen molar-refractivity contribution in [3.8, 4) is 5.75 Å². The van der Waals surface area contributed by atoms with E-state index in [9.17, 15) is 29.1 Å². The van der Waals surface area contributed by atoms with Gasteiger partial charge in [-0.15, -0.1) is 0 Å². The number of allylic oxidation sites excluding steroid dienone is 3. The van der Waals surface area contributed by atoms with Crippen molar-refractivity contribution < 1.29 is 48.7 Å². The molecule has 0 bridgehead atoms. The molecule has 41 heavy (non-hydrogen) atoms. The number of nitrogens with one attached hydrogen (secondary N) is 2. The lowest BCUT2D eigenvalue weighted by molar-refractivity contribution is -0.626. The van der Waals surface area contributed by atoms with Gasteiger partial charge in [0.25, 0.3) is 0 Å². The molecule has 1 unspecified atom stereocenters. The van der Waals surface area contributed by atoms with Crippen LogP contribution in [0.5, 0.6) is 5.75 Å². The van der Waals surface area contributed by atoms with Crippen LogP contribution in [0, 0.1) is 0 Å². The molecule has 1 aliphatic rings. The van der Waals surface area contributed by atoms with E-state index < -0.39 is 59.3 Å². The van der Waals surface area contributed by atoms with Crippen molar-refractivity contribution in [3.05, 3.63) is 47.2 Å². The number of primary amides is 1. The minimum atomic E-state index is -1.24. The quantitative estimate of drug-likeness (QED) is 0.0522. The Kier molecular flexibility index (Phi) is 11.0. The molecule has 0 aromatic heterocycles. The third kappa shape index (κ3) is 11.7. The van der Waals surface area contributed by atoms with Gasteiger partial charge in [0.1, 0.15) is 28.6 Å². The van der Waals surface area contributed by atoms with Crippen LogP contribution in [-0.2, 0) is 28.6 Å². The number of hydrogen-bond donors (Lipinski definition) is 5. The Bertz CT molecular complexity index is 1240. The maximum Gasteiger partial charge on any atom is 0.408 e. The van der Waals surface area contributed by atoms with Crippen LogP contribution in [0.4, 0.5) is 10.5 Å². The second kappa shape index (κ2) is 13.8. The van der Waals surface area contributed by atoms with Gasteiger partial charge < -0.3 is 30.4 Å². The van der Waals surface area contributed by atoms with Gasteiger partial charge in [-0.3, -0.25) is 9.59 Å². The lowest BCUT2D eigenvalue weighted by Crippen LogP contribution is -2.87. The van der Waals surface area contributed by atoms with Gasteiger partial charge in [0.15, 0.2) is 5.69 Å². The number of ether oxygens (including phenoxy) is 3. The molecule has 13 heteroatoms. The van der Waals surface area contributed by atoms with E-state index in [4.69, 9.17) is 19.9 Å². The zero-order valence-corrected chi connectivity index (χ0v) is 24.2. The van der Waals surface area contributed by atoms with Crippen LogP contribution in [0.1, 0.15) is 77.6 Å². The second-order valence-electron chi connectivity index (χ2n) is 11.3. The van der Waals surface area contributed by atoms with Gasteiger partial charge in [-0.25, -0.2) is 25.2 Å². The van der Waals surface area contributed by atoms with Gasteiger partial charge in [-0.1, -0.05) is 6.08 Å². The van der Waals surface area contributed by atoms with Crippen molar-refractivity contribution in [2.24, 2.45) is 5.73 Å². The van der Waals surface area contributed by atoms with E-state index in [-0.39, 0.29) is 12.0 Å². The highest BCUT2D eigenvalue weighted by Crippen LogP contribution is 2.21. The Morgan fingerprint density at radius 2 is 1.66 bits per heavy atom. The molecule has 13 nitrogen and oxygen atoms in total. The number of phenols is 1. The number of aromatic hydroxyl groups is 1. The van der Waals surface area contributed by atoms with Gasteiger partial charge in [0.05, 0.1) is 5.70 Å². The molecule has 0 saturated heterocycles. The Morgan fingerprint density at radius 3 is 2.22 bits per heavy atom. The largest absolute Gasteiger partial charge is 0.507 e. The van der Waals surface area contributed by atoms with Gasteiger partial charge in [-0.2, -0.15) is 0 Å². The SMILES string of the molecule is CC(C)(C)OC(=O)NC(CCC(=O)OC(=O)c1cc([NH2+]NC2=CC=C(C(N)=O)CC2)ccc1O)C(=O)OC(C)(C)C. The van der Waals surface area contributed by atoms with Gasteiger partial charge in [0, 0.05) is 24.1 Å². The molecule has 0 heterocycles. The maximum absolute atomic E-state index is 12.7. The van der Waals surface area contributed by atoms with E-state index in [0.717, 1.165) is 5.70 Å². The maximum atomic E-state index is 12.7. The number of rotatable bonds is 10. The fourth-order valence-corrected chi connectivity index (χ4v) is 3.49. The summed E-state index contributed by atoms with van der Waals surface area (Å²) in [5, 5.41) is 12.6. The number of carbonyl (C=O) groups excluding carboxylic acids is 5. The minimum absolute atomic E-state index is 0.231. The molecule has 0 fully saturated rings. The highest BCUT2D eigenvalue weighted by molar-refractivity contribution is 5.99. The highest BCUT2D eigenvalue weighted by Gasteiger charge is 2.30. The summed E-state index contributed by atoms with van der Waals surface area (Å²) < 4.78 is 15.4. The summed E-state index contributed by atoms with van der Waals surface area (Å²) in [4.78, 5) is 61.3.